The van der Waals surface area contributed by atoms with Gasteiger partial charge >= 0.3 is 0 Å². The van der Waals surface area contributed by atoms with Crippen LogP contribution in [0.5, 0.6) is 0 Å². The van der Waals surface area contributed by atoms with Gasteiger partial charge in [-0.2, -0.15) is 0 Å². The Morgan fingerprint density at radius 2 is 2.18 bits per heavy atom. The number of nitrogens with zero attached hydrogens (tertiary/aromatic N) is 1. The lowest BCUT2D eigenvalue weighted by molar-refractivity contribution is 0.302. The van der Waals surface area contributed by atoms with Gasteiger partial charge in [-0.05, 0) is 24.6 Å². The first-order valence-electron chi connectivity index (χ1n) is 5.60. The third-order valence-electron chi connectivity index (χ3n) is 2.45. The Kier molecular flexibility index (Phi) is 5.44. The summed E-state index contributed by atoms with van der Waals surface area (Å²) in [5.41, 5.74) is 7.18. The van der Waals surface area contributed by atoms with E-state index in [0.717, 1.165) is 23.1 Å². The molecule has 0 saturated heterocycles. The predicted molar refractivity (Wildman–Crippen MR) is 74.7 cm³/mol. The van der Waals surface area contributed by atoms with E-state index in [2.05, 4.69) is 22.9 Å². The molecule has 0 aliphatic carbocycles. The maximum atomic E-state index is 9.07. The largest absolute Gasteiger partial charge is 0.395 e. The maximum absolute atomic E-state index is 9.07. The number of nitrogens with two attached hydrogens (primary N) is 1. The van der Waals surface area contributed by atoms with Gasteiger partial charge in [-0.3, -0.25) is 5.41 Å². The van der Waals surface area contributed by atoms with E-state index in [0.29, 0.717) is 12.1 Å². The standard InChI is InChI=1S/C12H18BrN3O/c1-2-5-16(6-7-17)11-4-3-9(13)8-10(11)12(14)15/h3-4,8,17H,2,5-7H2,1H3,(H3,14,15). The Hall–Kier alpha value is -1.07. The number of benzene rings is 1. The number of rotatable bonds is 6. The molecule has 1 aromatic carbocycles. The van der Waals surface area contributed by atoms with Gasteiger partial charge in [-0.1, -0.05) is 22.9 Å². The fourth-order valence-electron chi connectivity index (χ4n) is 1.74. The van der Waals surface area contributed by atoms with E-state index in [1.807, 2.05) is 23.1 Å². The molecule has 4 N–H and O–H groups in total. The monoisotopic (exact) mass is 299 g/mol. The zero-order valence-electron chi connectivity index (χ0n) is 9.91. The Morgan fingerprint density at radius 1 is 1.47 bits per heavy atom. The summed E-state index contributed by atoms with van der Waals surface area (Å²) in [6.07, 6.45) is 0.980. The summed E-state index contributed by atoms with van der Waals surface area (Å²) in [5, 5.41) is 16.7. The zero-order chi connectivity index (χ0) is 12.8. The molecule has 0 saturated carbocycles. The molecule has 1 aromatic rings. The van der Waals surface area contributed by atoms with Gasteiger partial charge in [0.1, 0.15) is 5.84 Å². The number of amidine groups is 1. The molecule has 5 heteroatoms. The minimum atomic E-state index is 0.0420. The second kappa shape index (κ2) is 6.61. The first-order valence-corrected chi connectivity index (χ1v) is 6.39. The summed E-state index contributed by atoms with van der Waals surface area (Å²) >= 11 is 3.37. The summed E-state index contributed by atoms with van der Waals surface area (Å²) < 4.78 is 0.895. The highest BCUT2D eigenvalue weighted by Gasteiger charge is 2.12. The van der Waals surface area contributed by atoms with Gasteiger partial charge < -0.3 is 15.7 Å². The summed E-state index contributed by atoms with van der Waals surface area (Å²) in [5.74, 6) is 0.0420. The van der Waals surface area contributed by atoms with Crippen molar-refractivity contribution in [1.82, 2.24) is 0 Å². The fraction of sp³-hybridized carbons (Fsp3) is 0.417. The number of hydrogen-bond donors (Lipinski definition) is 3. The van der Waals surface area contributed by atoms with Crippen LogP contribution in [0, 0.1) is 5.41 Å². The van der Waals surface area contributed by atoms with E-state index in [4.69, 9.17) is 16.2 Å². The van der Waals surface area contributed by atoms with Gasteiger partial charge in [0.15, 0.2) is 0 Å². The first kappa shape index (κ1) is 14.0. The Bertz CT molecular complexity index is 389. The zero-order valence-corrected chi connectivity index (χ0v) is 11.5. The Morgan fingerprint density at radius 3 is 2.71 bits per heavy atom. The molecule has 0 aromatic heterocycles. The molecule has 0 heterocycles. The summed E-state index contributed by atoms with van der Waals surface area (Å²) in [7, 11) is 0. The molecule has 0 bridgehead atoms. The van der Waals surface area contributed by atoms with Gasteiger partial charge in [0, 0.05) is 28.8 Å². The van der Waals surface area contributed by atoms with Crippen molar-refractivity contribution in [3.05, 3.63) is 28.2 Å². The number of aliphatic hydroxyl groups is 1. The lowest BCUT2D eigenvalue weighted by Crippen LogP contribution is -2.30. The topological polar surface area (TPSA) is 73.3 Å². The highest BCUT2D eigenvalue weighted by atomic mass is 79.9. The van der Waals surface area contributed by atoms with Crippen LogP contribution in [0.25, 0.3) is 0 Å². The SMILES string of the molecule is CCCN(CCO)c1ccc(Br)cc1C(=N)N. The molecule has 0 radical (unpaired) electrons. The van der Waals surface area contributed by atoms with Gasteiger partial charge in [0.05, 0.1) is 6.61 Å². The van der Waals surface area contributed by atoms with Gasteiger partial charge in [0.25, 0.3) is 0 Å². The van der Waals surface area contributed by atoms with E-state index in [9.17, 15) is 0 Å². The molecule has 4 nitrogen and oxygen atoms in total. The first-order chi connectivity index (χ1) is 8.10. The molecule has 0 amide bonds. The Balaban J connectivity index is 3.12. The fourth-order valence-corrected chi connectivity index (χ4v) is 2.10. The molecule has 0 atom stereocenters. The quantitative estimate of drug-likeness (QED) is 0.555. The van der Waals surface area contributed by atoms with E-state index < -0.39 is 0 Å². The van der Waals surface area contributed by atoms with Gasteiger partial charge in [-0.15, -0.1) is 0 Å². The molecular formula is C12H18BrN3O. The van der Waals surface area contributed by atoms with Crippen LogP contribution < -0.4 is 10.6 Å². The molecule has 0 fully saturated rings. The van der Waals surface area contributed by atoms with E-state index >= 15 is 0 Å². The second-order valence-corrected chi connectivity index (χ2v) is 4.70. The van der Waals surface area contributed by atoms with Crippen molar-refractivity contribution in [2.24, 2.45) is 5.73 Å². The van der Waals surface area contributed by atoms with Crippen molar-refractivity contribution in [3.8, 4) is 0 Å². The van der Waals surface area contributed by atoms with Crippen LogP contribution in [0.1, 0.15) is 18.9 Å². The summed E-state index contributed by atoms with van der Waals surface area (Å²) in [4.78, 5) is 2.04. The normalized spacial score (nSPS) is 10.3. The van der Waals surface area contributed by atoms with Crippen molar-refractivity contribution in [1.29, 1.82) is 5.41 Å². The number of anilines is 1. The molecule has 0 aliphatic heterocycles. The second-order valence-electron chi connectivity index (χ2n) is 3.79. The number of nitrogen functional groups attached to an aromatic ring is 1. The van der Waals surface area contributed by atoms with Gasteiger partial charge in [-0.25, -0.2) is 0 Å². The third-order valence-corrected chi connectivity index (χ3v) is 2.95. The Labute approximate surface area is 110 Å². The average molecular weight is 300 g/mol. The number of halogens is 1. The van der Waals surface area contributed by atoms with Crippen LogP contribution >= 0.6 is 15.9 Å². The lowest BCUT2D eigenvalue weighted by atomic mass is 10.1. The van der Waals surface area contributed by atoms with E-state index in [-0.39, 0.29) is 12.4 Å². The van der Waals surface area contributed by atoms with Crippen LogP contribution in [-0.2, 0) is 0 Å². The van der Waals surface area contributed by atoms with Crippen LogP contribution in [0.15, 0.2) is 22.7 Å². The van der Waals surface area contributed by atoms with Crippen LogP contribution in [0.3, 0.4) is 0 Å². The van der Waals surface area contributed by atoms with Crippen molar-refractivity contribution in [2.75, 3.05) is 24.6 Å². The minimum absolute atomic E-state index is 0.0420. The van der Waals surface area contributed by atoms with Crippen molar-refractivity contribution < 1.29 is 5.11 Å². The highest BCUT2D eigenvalue weighted by molar-refractivity contribution is 9.10. The van der Waals surface area contributed by atoms with Gasteiger partial charge in [0.2, 0.25) is 0 Å². The predicted octanol–water partition coefficient (Wildman–Crippen LogP) is 1.94. The maximum Gasteiger partial charge on any atom is 0.124 e. The van der Waals surface area contributed by atoms with Crippen molar-refractivity contribution in [2.45, 2.75) is 13.3 Å². The van der Waals surface area contributed by atoms with Crippen molar-refractivity contribution in [3.63, 3.8) is 0 Å². The van der Waals surface area contributed by atoms with E-state index in [1.165, 1.54) is 0 Å². The average Bonchev–Trinajstić information content (AvgIpc) is 2.28. The molecule has 1 rings (SSSR count). The summed E-state index contributed by atoms with van der Waals surface area (Å²) in [6.45, 7) is 3.56. The third kappa shape index (κ3) is 3.71. The molecule has 17 heavy (non-hydrogen) atoms. The molecule has 0 unspecified atom stereocenters. The molecule has 94 valence electrons. The lowest BCUT2D eigenvalue weighted by Gasteiger charge is -2.25. The molecule has 0 spiro atoms. The smallest absolute Gasteiger partial charge is 0.124 e. The molecule has 0 aliphatic rings. The van der Waals surface area contributed by atoms with Crippen molar-refractivity contribution >= 4 is 27.5 Å². The molecular weight excluding hydrogens is 282 g/mol. The number of aliphatic hydroxyl groups excluding tert-OH is 1. The number of hydrogen-bond acceptors (Lipinski definition) is 3. The number of nitrogens with one attached hydrogen (secondary N) is 1. The van der Waals surface area contributed by atoms with Crippen LogP contribution in [0.2, 0.25) is 0 Å². The minimum Gasteiger partial charge on any atom is -0.395 e. The van der Waals surface area contributed by atoms with Crippen LogP contribution in [0.4, 0.5) is 5.69 Å². The van der Waals surface area contributed by atoms with E-state index in [1.54, 1.807) is 0 Å². The van der Waals surface area contributed by atoms with Crippen LogP contribution in [-0.4, -0.2) is 30.6 Å². The summed E-state index contributed by atoms with van der Waals surface area (Å²) in [6, 6.07) is 5.67. The highest BCUT2D eigenvalue weighted by Crippen LogP contribution is 2.24.